The minimum atomic E-state index is 0.517. The smallest absolute Gasteiger partial charge is 0.0630 e. The zero-order valence-electron chi connectivity index (χ0n) is 9.16. The molecule has 2 atom stereocenters. The molecule has 0 radical (unpaired) electrons. The fourth-order valence-electron chi connectivity index (χ4n) is 2.31. The van der Waals surface area contributed by atoms with Crippen LogP contribution in [0.1, 0.15) is 19.3 Å². The SMILES string of the molecule is BrCC1COCCN1CCC1CCCO1. The Labute approximate surface area is 100 Å². The summed E-state index contributed by atoms with van der Waals surface area (Å²) in [7, 11) is 0. The summed E-state index contributed by atoms with van der Waals surface area (Å²) in [6.07, 6.45) is 4.20. The average molecular weight is 278 g/mol. The van der Waals surface area contributed by atoms with E-state index in [0.29, 0.717) is 12.1 Å². The lowest BCUT2D eigenvalue weighted by molar-refractivity contribution is -0.00598. The Morgan fingerprint density at radius 3 is 3.00 bits per heavy atom. The topological polar surface area (TPSA) is 21.7 Å². The van der Waals surface area contributed by atoms with Gasteiger partial charge in [0.25, 0.3) is 0 Å². The number of nitrogens with zero attached hydrogens (tertiary/aromatic N) is 1. The molecule has 3 nitrogen and oxygen atoms in total. The Balaban J connectivity index is 1.71. The maximum absolute atomic E-state index is 5.64. The van der Waals surface area contributed by atoms with E-state index in [1.54, 1.807) is 0 Å². The van der Waals surface area contributed by atoms with Crippen molar-refractivity contribution in [3.63, 3.8) is 0 Å². The molecule has 0 aromatic heterocycles. The number of alkyl halides is 1. The van der Waals surface area contributed by atoms with Gasteiger partial charge >= 0.3 is 0 Å². The van der Waals surface area contributed by atoms with Crippen LogP contribution >= 0.6 is 15.9 Å². The van der Waals surface area contributed by atoms with E-state index in [2.05, 4.69) is 20.8 Å². The average Bonchev–Trinajstić information content (AvgIpc) is 2.79. The third-order valence-corrected chi connectivity index (χ3v) is 4.04. The zero-order valence-corrected chi connectivity index (χ0v) is 10.7. The minimum absolute atomic E-state index is 0.517. The van der Waals surface area contributed by atoms with Gasteiger partial charge in [0.1, 0.15) is 0 Å². The lowest BCUT2D eigenvalue weighted by Gasteiger charge is -2.35. The molecule has 0 aromatic carbocycles. The number of ether oxygens (including phenoxy) is 2. The molecule has 0 amide bonds. The van der Waals surface area contributed by atoms with Gasteiger partial charge < -0.3 is 9.47 Å². The largest absolute Gasteiger partial charge is 0.378 e. The predicted molar refractivity (Wildman–Crippen MR) is 63.6 cm³/mol. The molecular weight excluding hydrogens is 258 g/mol. The van der Waals surface area contributed by atoms with E-state index in [-0.39, 0.29) is 0 Å². The summed E-state index contributed by atoms with van der Waals surface area (Å²) in [5.41, 5.74) is 0. The molecule has 2 heterocycles. The van der Waals surface area contributed by atoms with Crippen LogP contribution in [-0.4, -0.2) is 55.3 Å². The zero-order chi connectivity index (χ0) is 10.5. The Kier molecular flexibility index (Phi) is 4.88. The van der Waals surface area contributed by atoms with Crippen molar-refractivity contribution in [1.29, 1.82) is 0 Å². The number of hydrogen-bond donors (Lipinski definition) is 0. The van der Waals surface area contributed by atoms with Crippen molar-refractivity contribution in [2.24, 2.45) is 0 Å². The second-order valence-electron chi connectivity index (χ2n) is 4.34. The molecule has 2 saturated heterocycles. The highest BCUT2D eigenvalue weighted by Gasteiger charge is 2.23. The van der Waals surface area contributed by atoms with Gasteiger partial charge in [-0.05, 0) is 19.3 Å². The van der Waals surface area contributed by atoms with Gasteiger partial charge in [-0.2, -0.15) is 0 Å². The van der Waals surface area contributed by atoms with E-state index in [4.69, 9.17) is 9.47 Å². The molecule has 2 unspecified atom stereocenters. The molecule has 2 rings (SSSR count). The van der Waals surface area contributed by atoms with Gasteiger partial charge in [-0.15, -0.1) is 0 Å². The van der Waals surface area contributed by atoms with Crippen molar-refractivity contribution in [2.45, 2.75) is 31.4 Å². The summed E-state index contributed by atoms with van der Waals surface area (Å²) in [6.45, 7) is 4.95. The molecule has 15 heavy (non-hydrogen) atoms. The first-order chi connectivity index (χ1) is 7.40. The monoisotopic (exact) mass is 277 g/mol. The molecule has 0 saturated carbocycles. The number of rotatable bonds is 4. The van der Waals surface area contributed by atoms with E-state index < -0.39 is 0 Å². The molecular formula is C11H20BrNO2. The molecule has 0 aromatic rings. The van der Waals surface area contributed by atoms with Crippen molar-refractivity contribution in [2.75, 3.05) is 38.2 Å². The Morgan fingerprint density at radius 2 is 2.27 bits per heavy atom. The van der Waals surface area contributed by atoms with E-state index in [9.17, 15) is 0 Å². The van der Waals surface area contributed by atoms with Crippen molar-refractivity contribution >= 4 is 15.9 Å². The van der Waals surface area contributed by atoms with E-state index in [1.165, 1.54) is 19.3 Å². The van der Waals surface area contributed by atoms with Gasteiger partial charge in [0.15, 0.2) is 0 Å². The normalized spacial score (nSPS) is 33.4. The first-order valence-corrected chi connectivity index (χ1v) is 7.01. The van der Waals surface area contributed by atoms with Gasteiger partial charge in [0.05, 0.1) is 19.3 Å². The van der Waals surface area contributed by atoms with Gasteiger partial charge in [0, 0.05) is 31.1 Å². The molecule has 2 aliphatic rings. The van der Waals surface area contributed by atoms with Crippen LogP contribution in [0.2, 0.25) is 0 Å². The first-order valence-electron chi connectivity index (χ1n) is 5.89. The third-order valence-electron chi connectivity index (χ3n) is 3.29. The molecule has 2 aliphatic heterocycles. The summed E-state index contributed by atoms with van der Waals surface area (Å²) in [6, 6.07) is 0.556. The fourth-order valence-corrected chi connectivity index (χ4v) is 2.90. The fraction of sp³-hybridized carbons (Fsp3) is 1.00. The highest BCUT2D eigenvalue weighted by Crippen LogP contribution is 2.17. The predicted octanol–water partition coefficient (Wildman–Crippen LogP) is 1.65. The second-order valence-corrected chi connectivity index (χ2v) is 4.99. The van der Waals surface area contributed by atoms with Crippen LogP contribution in [0.5, 0.6) is 0 Å². The lowest BCUT2D eigenvalue weighted by atomic mass is 10.1. The van der Waals surface area contributed by atoms with Crippen LogP contribution in [-0.2, 0) is 9.47 Å². The van der Waals surface area contributed by atoms with Crippen molar-refractivity contribution in [1.82, 2.24) is 4.90 Å². The summed E-state index contributed by atoms with van der Waals surface area (Å²) >= 11 is 3.55. The van der Waals surface area contributed by atoms with E-state index in [1.807, 2.05) is 0 Å². The van der Waals surface area contributed by atoms with Crippen LogP contribution in [0.3, 0.4) is 0 Å². The van der Waals surface area contributed by atoms with E-state index >= 15 is 0 Å². The minimum Gasteiger partial charge on any atom is -0.378 e. The maximum atomic E-state index is 5.64. The number of hydrogen-bond acceptors (Lipinski definition) is 3. The molecule has 0 N–H and O–H groups in total. The standard InChI is InChI=1S/C11H20BrNO2/c12-8-10-9-14-7-5-13(10)4-3-11-2-1-6-15-11/h10-11H,1-9H2. The highest BCUT2D eigenvalue weighted by atomic mass is 79.9. The summed E-state index contributed by atoms with van der Waals surface area (Å²) in [5, 5.41) is 1.01. The molecule has 2 fully saturated rings. The summed E-state index contributed by atoms with van der Waals surface area (Å²) < 4.78 is 11.1. The summed E-state index contributed by atoms with van der Waals surface area (Å²) in [5.74, 6) is 0. The Bertz CT molecular complexity index is 185. The molecule has 0 aliphatic carbocycles. The van der Waals surface area contributed by atoms with E-state index in [0.717, 1.165) is 38.2 Å². The number of morpholine rings is 1. The van der Waals surface area contributed by atoms with Crippen molar-refractivity contribution in [3.05, 3.63) is 0 Å². The molecule has 88 valence electrons. The maximum Gasteiger partial charge on any atom is 0.0630 e. The Hall–Kier alpha value is 0.360. The highest BCUT2D eigenvalue weighted by molar-refractivity contribution is 9.09. The van der Waals surface area contributed by atoms with Crippen LogP contribution in [0, 0.1) is 0 Å². The molecule has 0 bridgehead atoms. The lowest BCUT2D eigenvalue weighted by Crippen LogP contribution is -2.47. The van der Waals surface area contributed by atoms with Gasteiger partial charge in [-0.3, -0.25) is 4.90 Å². The summed E-state index contributed by atoms with van der Waals surface area (Å²) in [4.78, 5) is 2.53. The van der Waals surface area contributed by atoms with Crippen LogP contribution in [0.15, 0.2) is 0 Å². The second kappa shape index (κ2) is 6.18. The van der Waals surface area contributed by atoms with Crippen LogP contribution in [0.4, 0.5) is 0 Å². The van der Waals surface area contributed by atoms with Crippen LogP contribution < -0.4 is 0 Å². The van der Waals surface area contributed by atoms with Gasteiger partial charge in [-0.25, -0.2) is 0 Å². The van der Waals surface area contributed by atoms with Gasteiger partial charge in [-0.1, -0.05) is 15.9 Å². The van der Waals surface area contributed by atoms with Crippen molar-refractivity contribution in [3.8, 4) is 0 Å². The quantitative estimate of drug-likeness (QED) is 0.730. The van der Waals surface area contributed by atoms with Gasteiger partial charge in [0.2, 0.25) is 0 Å². The molecule has 4 heteroatoms. The Morgan fingerprint density at radius 1 is 1.33 bits per heavy atom. The van der Waals surface area contributed by atoms with Crippen LogP contribution in [0.25, 0.3) is 0 Å². The first kappa shape index (κ1) is 11.8. The molecule has 0 spiro atoms. The third kappa shape index (κ3) is 3.41. The number of halogens is 1. The van der Waals surface area contributed by atoms with Crippen molar-refractivity contribution < 1.29 is 9.47 Å².